The number of carbonyl (C=O) groups excluding carboxylic acids is 1. The predicted molar refractivity (Wildman–Crippen MR) is 73.3 cm³/mol. The minimum Gasteiger partial charge on any atom is -0.493 e. The van der Waals surface area contributed by atoms with E-state index in [-0.39, 0.29) is 0 Å². The van der Waals surface area contributed by atoms with Gasteiger partial charge in [0.15, 0.2) is 11.5 Å². The lowest BCUT2D eigenvalue weighted by atomic mass is 10.1. The van der Waals surface area contributed by atoms with Crippen LogP contribution in [0, 0.1) is 0 Å². The Morgan fingerprint density at radius 3 is 2.00 bits per heavy atom. The second-order valence-electron chi connectivity index (χ2n) is 3.69. The van der Waals surface area contributed by atoms with Crippen molar-refractivity contribution in [3.05, 3.63) is 23.8 Å². The molecule has 1 aromatic rings. The van der Waals surface area contributed by atoms with Crippen LogP contribution in [0.4, 0.5) is 0 Å². The molecule has 21 heavy (non-hydrogen) atoms. The Morgan fingerprint density at radius 2 is 1.62 bits per heavy atom. The Labute approximate surface area is 121 Å². The van der Waals surface area contributed by atoms with Crippen molar-refractivity contribution in [3.63, 3.8) is 0 Å². The van der Waals surface area contributed by atoms with Gasteiger partial charge in [0.2, 0.25) is 5.75 Å². The summed E-state index contributed by atoms with van der Waals surface area (Å²) in [6.45, 7) is 0. The van der Waals surface area contributed by atoms with Crippen LogP contribution in [0.1, 0.15) is 5.56 Å². The van der Waals surface area contributed by atoms with Crippen molar-refractivity contribution in [3.8, 4) is 17.2 Å². The topological polar surface area (TPSA) is 112 Å². The summed E-state index contributed by atoms with van der Waals surface area (Å²) in [5.74, 6) is -0.0354. The zero-order valence-electron chi connectivity index (χ0n) is 11.6. The molecule has 0 atom stereocenters. The predicted octanol–water partition coefficient (Wildman–Crippen LogP) is 1.36. The molecule has 1 aromatic carbocycles. The number of hydrogen-bond acceptors (Lipinski definition) is 6. The fraction of sp³-hybridized carbons (Fsp3) is 0.250. The van der Waals surface area contributed by atoms with Crippen LogP contribution in [0.2, 0.25) is 0 Å². The van der Waals surface area contributed by atoms with Gasteiger partial charge in [0.25, 0.3) is 0 Å². The molecule has 0 heterocycles. The van der Waals surface area contributed by atoms with Gasteiger partial charge in [-0.15, -0.1) is 0 Å². The lowest BCUT2D eigenvalue weighted by Gasteiger charge is -2.12. The van der Waals surface area contributed by atoms with Crippen molar-refractivity contribution in [2.24, 2.45) is 0 Å². The largest absolute Gasteiger partial charge is 0.527 e. The maximum atomic E-state index is 11.2. The molecule has 0 spiro atoms. The molecule has 0 saturated carbocycles. The Bertz CT molecular complexity index is 564. The van der Waals surface area contributed by atoms with Crippen LogP contribution in [-0.4, -0.2) is 37.1 Å². The summed E-state index contributed by atoms with van der Waals surface area (Å²) in [6, 6.07) is 3.12. The van der Waals surface area contributed by atoms with Crippen LogP contribution < -0.4 is 14.2 Å². The van der Waals surface area contributed by atoms with Crippen molar-refractivity contribution < 1.29 is 37.9 Å². The molecule has 0 saturated heterocycles. The standard InChI is InChI=1S/C12H15O8P/c1-17-9-6-8(7-10(18-2)12(9)19-3)4-5-11(13)20-21(14,15)16/h4-7H,1-3H3,(H2,14,15,16). The van der Waals surface area contributed by atoms with Crippen molar-refractivity contribution in [1.82, 2.24) is 0 Å². The van der Waals surface area contributed by atoms with Crippen LogP contribution in [-0.2, 0) is 13.9 Å². The molecule has 0 amide bonds. The van der Waals surface area contributed by atoms with Gasteiger partial charge in [-0.2, -0.15) is 0 Å². The Kier molecular flexibility index (Phi) is 5.78. The molecule has 116 valence electrons. The van der Waals surface area contributed by atoms with E-state index in [0.29, 0.717) is 22.8 Å². The van der Waals surface area contributed by atoms with E-state index in [9.17, 15) is 9.36 Å². The van der Waals surface area contributed by atoms with Gasteiger partial charge in [-0.1, -0.05) is 0 Å². The molecule has 2 N–H and O–H groups in total. The van der Waals surface area contributed by atoms with Crippen LogP contribution in [0.3, 0.4) is 0 Å². The lowest BCUT2D eigenvalue weighted by Crippen LogP contribution is -1.98. The quantitative estimate of drug-likeness (QED) is 0.597. The lowest BCUT2D eigenvalue weighted by molar-refractivity contribution is -0.130. The zero-order valence-corrected chi connectivity index (χ0v) is 12.5. The Balaban J connectivity index is 3.04. The molecule has 9 heteroatoms. The van der Waals surface area contributed by atoms with E-state index in [1.54, 1.807) is 12.1 Å². The highest BCUT2D eigenvalue weighted by atomic mass is 31.2. The van der Waals surface area contributed by atoms with E-state index in [1.807, 2.05) is 0 Å². The second kappa shape index (κ2) is 7.12. The molecule has 8 nitrogen and oxygen atoms in total. The molecular weight excluding hydrogens is 303 g/mol. The molecule has 1 rings (SSSR count). The molecular formula is C12H15O8P. The number of hydrogen-bond donors (Lipinski definition) is 2. The van der Waals surface area contributed by atoms with Crippen LogP contribution in [0.25, 0.3) is 6.08 Å². The number of rotatable bonds is 6. The first-order valence-electron chi connectivity index (χ1n) is 5.58. The zero-order chi connectivity index (χ0) is 16.0. The maximum absolute atomic E-state index is 11.2. The number of benzene rings is 1. The smallest absolute Gasteiger partial charge is 0.493 e. The average molecular weight is 318 g/mol. The summed E-state index contributed by atoms with van der Waals surface area (Å²) < 4.78 is 29.8. The van der Waals surface area contributed by atoms with Crippen molar-refractivity contribution in [1.29, 1.82) is 0 Å². The third kappa shape index (κ3) is 5.11. The first kappa shape index (κ1) is 17.0. The van der Waals surface area contributed by atoms with Gasteiger partial charge in [-0.05, 0) is 23.8 Å². The van der Waals surface area contributed by atoms with E-state index in [1.165, 1.54) is 27.4 Å². The first-order chi connectivity index (χ1) is 9.80. The third-order valence-electron chi connectivity index (χ3n) is 2.31. The minimum absolute atomic E-state index is 0.375. The third-order valence-corrected chi connectivity index (χ3v) is 2.73. The van der Waals surface area contributed by atoms with Gasteiger partial charge in [0.1, 0.15) is 0 Å². The summed E-state index contributed by atoms with van der Waals surface area (Å²) in [6.07, 6.45) is 2.17. The first-order valence-corrected chi connectivity index (χ1v) is 7.11. The van der Waals surface area contributed by atoms with Gasteiger partial charge in [0, 0.05) is 6.08 Å². The van der Waals surface area contributed by atoms with E-state index < -0.39 is 13.8 Å². The summed E-state index contributed by atoms with van der Waals surface area (Å²) in [7, 11) is -0.530. The highest BCUT2D eigenvalue weighted by Crippen LogP contribution is 2.39. The minimum atomic E-state index is -4.86. The van der Waals surface area contributed by atoms with Crippen LogP contribution in [0.15, 0.2) is 18.2 Å². The number of methoxy groups -OCH3 is 3. The van der Waals surface area contributed by atoms with Gasteiger partial charge < -0.3 is 18.7 Å². The number of ether oxygens (including phenoxy) is 3. The van der Waals surface area contributed by atoms with Crippen molar-refractivity contribution in [2.45, 2.75) is 0 Å². The van der Waals surface area contributed by atoms with Crippen molar-refractivity contribution in [2.75, 3.05) is 21.3 Å². The van der Waals surface area contributed by atoms with E-state index >= 15 is 0 Å². The van der Waals surface area contributed by atoms with Gasteiger partial charge >= 0.3 is 13.8 Å². The monoisotopic (exact) mass is 318 g/mol. The van der Waals surface area contributed by atoms with Gasteiger partial charge in [-0.25, -0.2) is 9.36 Å². The van der Waals surface area contributed by atoms with Crippen LogP contribution in [0.5, 0.6) is 17.2 Å². The van der Waals surface area contributed by atoms with E-state index in [2.05, 4.69) is 4.52 Å². The Hall–Kier alpha value is -2.02. The summed E-state index contributed by atoms with van der Waals surface area (Å²) in [5, 5.41) is 0. The number of carbonyl (C=O) groups is 1. The van der Waals surface area contributed by atoms with Gasteiger partial charge in [0.05, 0.1) is 21.3 Å². The second-order valence-corrected chi connectivity index (χ2v) is 4.86. The maximum Gasteiger partial charge on any atom is 0.527 e. The summed E-state index contributed by atoms with van der Waals surface area (Å²) in [5.41, 5.74) is 0.493. The van der Waals surface area contributed by atoms with Crippen LogP contribution >= 0.6 is 7.82 Å². The molecule has 0 aliphatic carbocycles. The van der Waals surface area contributed by atoms with Gasteiger partial charge in [-0.3, -0.25) is 9.79 Å². The fourth-order valence-corrected chi connectivity index (χ4v) is 1.80. The Morgan fingerprint density at radius 1 is 1.10 bits per heavy atom. The SMILES string of the molecule is COc1cc(C=CC(=O)OP(=O)(O)O)cc(OC)c1OC. The highest BCUT2D eigenvalue weighted by Gasteiger charge is 2.18. The van der Waals surface area contributed by atoms with E-state index in [0.717, 1.165) is 6.08 Å². The summed E-state index contributed by atoms with van der Waals surface area (Å²) in [4.78, 5) is 28.2. The molecule has 0 unspecified atom stereocenters. The van der Waals surface area contributed by atoms with Crippen molar-refractivity contribution >= 4 is 19.9 Å². The molecule has 0 aliphatic rings. The highest BCUT2D eigenvalue weighted by molar-refractivity contribution is 7.46. The van der Waals surface area contributed by atoms with E-state index in [4.69, 9.17) is 24.0 Å². The molecule has 0 aromatic heterocycles. The molecule has 0 radical (unpaired) electrons. The average Bonchev–Trinajstić information content (AvgIpc) is 2.41. The molecule has 0 aliphatic heterocycles. The molecule has 0 bridgehead atoms. The normalized spacial score (nSPS) is 11.3. The number of phosphoric ester groups is 1. The fourth-order valence-electron chi connectivity index (χ4n) is 1.51. The summed E-state index contributed by atoms with van der Waals surface area (Å²) >= 11 is 0. The number of phosphoric acid groups is 1. The molecule has 0 fully saturated rings.